The monoisotopic (exact) mass is 424 g/mol. The molecular formula is C19H13FN6O3S. The van der Waals surface area contributed by atoms with Crippen molar-refractivity contribution in [1.29, 1.82) is 0 Å². The molecule has 0 spiro atoms. The van der Waals surface area contributed by atoms with Crippen molar-refractivity contribution in [2.45, 2.75) is 5.16 Å². The number of benzene rings is 2. The first-order chi connectivity index (χ1) is 14.5. The molecule has 11 heteroatoms. The smallest absolute Gasteiger partial charge is 0.271 e. The molecule has 0 saturated heterocycles. The fourth-order valence-electron chi connectivity index (χ4n) is 2.66. The normalized spacial score (nSPS) is 10.8. The maximum Gasteiger partial charge on any atom is 0.271 e. The minimum Gasteiger partial charge on any atom is -0.325 e. The summed E-state index contributed by atoms with van der Waals surface area (Å²) in [4.78, 5) is 22.5. The lowest BCUT2D eigenvalue weighted by atomic mass is 10.1. The van der Waals surface area contributed by atoms with Gasteiger partial charge in [0, 0.05) is 23.4 Å². The summed E-state index contributed by atoms with van der Waals surface area (Å²) in [5.41, 5.74) is 2.05. The predicted molar refractivity (Wildman–Crippen MR) is 109 cm³/mol. The number of amides is 1. The highest BCUT2D eigenvalue weighted by Gasteiger charge is 2.13. The van der Waals surface area contributed by atoms with Gasteiger partial charge in [-0.3, -0.25) is 14.9 Å². The van der Waals surface area contributed by atoms with Crippen LogP contribution in [0.3, 0.4) is 0 Å². The van der Waals surface area contributed by atoms with Gasteiger partial charge in [0.2, 0.25) is 11.1 Å². The number of carbonyl (C=O) groups excluding carboxylic acids is 1. The molecule has 0 aliphatic heterocycles. The second-order valence-corrected chi connectivity index (χ2v) is 7.06. The zero-order chi connectivity index (χ0) is 21.1. The summed E-state index contributed by atoms with van der Waals surface area (Å²) >= 11 is 1.12. The number of aromatic nitrogens is 4. The molecule has 2 aromatic heterocycles. The Kier molecular flexibility index (Phi) is 5.35. The van der Waals surface area contributed by atoms with Gasteiger partial charge in [-0.1, -0.05) is 17.8 Å². The van der Waals surface area contributed by atoms with E-state index in [1.807, 2.05) is 0 Å². The molecule has 150 valence electrons. The maximum atomic E-state index is 13.1. The lowest BCUT2D eigenvalue weighted by Crippen LogP contribution is -2.14. The van der Waals surface area contributed by atoms with Crippen molar-refractivity contribution in [2.24, 2.45) is 0 Å². The number of thioether (sulfide) groups is 1. The van der Waals surface area contributed by atoms with Gasteiger partial charge in [0.25, 0.3) is 5.69 Å². The summed E-state index contributed by atoms with van der Waals surface area (Å²) in [5.74, 6) is -0.687. The Morgan fingerprint density at radius 1 is 1.13 bits per heavy atom. The van der Waals surface area contributed by atoms with Crippen molar-refractivity contribution >= 4 is 34.7 Å². The first-order valence-corrected chi connectivity index (χ1v) is 9.64. The molecule has 2 aromatic carbocycles. The number of nitrogens with one attached hydrogen (secondary N) is 1. The number of rotatable bonds is 6. The van der Waals surface area contributed by atoms with Crippen molar-refractivity contribution < 1.29 is 14.1 Å². The van der Waals surface area contributed by atoms with Crippen molar-refractivity contribution in [3.8, 4) is 11.3 Å². The number of nitrogens with zero attached hydrogens (tertiary/aromatic N) is 5. The molecule has 1 amide bonds. The van der Waals surface area contributed by atoms with Gasteiger partial charge in [-0.2, -0.15) is 9.61 Å². The summed E-state index contributed by atoms with van der Waals surface area (Å²) in [6.07, 6.45) is 0. The molecule has 0 atom stereocenters. The van der Waals surface area contributed by atoms with Gasteiger partial charge in [0.15, 0.2) is 5.65 Å². The van der Waals surface area contributed by atoms with Crippen molar-refractivity contribution in [1.82, 2.24) is 19.8 Å². The Balaban J connectivity index is 1.48. The van der Waals surface area contributed by atoms with Crippen LogP contribution < -0.4 is 5.32 Å². The summed E-state index contributed by atoms with van der Waals surface area (Å²) in [7, 11) is 0. The van der Waals surface area contributed by atoms with E-state index < -0.39 is 4.92 Å². The van der Waals surface area contributed by atoms with E-state index in [1.54, 1.807) is 30.3 Å². The molecule has 2 heterocycles. The van der Waals surface area contributed by atoms with Crippen LogP contribution in [0, 0.1) is 15.9 Å². The molecule has 30 heavy (non-hydrogen) atoms. The second kappa shape index (κ2) is 8.25. The number of fused-ring (bicyclic) bond motifs is 1. The van der Waals surface area contributed by atoms with E-state index in [0.717, 1.165) is 17.3 Å². The Labute approximate surface area is 173 Å². The molecule has 4 aromatic rings. The lowest BCUT2D eigenvalue weighted by molar-refractivity contribution is -0.384. The molecule has 0 bridgehead atoms. The highest BCUT2D eigenvalue weighted by atomic mass is 32.2. The minimum atomic E-state index is -0.531. The molecule has 9 nitrogen and oxygen atoms in total. The molecule has 0 fully saturated rings. The van der Waals surface area contributed by atoms with Crippen molar-refractivity contribution in [2.75, 3.05) is 11.1 Å². The number of carbonyl (C=O) groups is 1. The van der Waals surface area contributed by atoms with Gasteiger partial charge < -0.3 is 5.32 Å². The molecule has 0 aliphatic carbocycles. The van der Waals surface area contributed by atoms with E-state index in [9.17, 15) is 19.3 Å². The second-order valence-electron chi connectivity index (χ2n) is 6.12. The van der Waals surface area contributed by atoms with Crippen LogP contribution in [-0.2, 0) is 4.79 Å². The third-order valence-corrected chi connectivity index (χ3v) is 4.97. The Hall–Kier alpha value is -3.86. The van der Waals surface area contributed by atoms with Crippen LogP contribution in [0.5, 0.6) is 0 Å². The summed E-state index contributed by atoms with van der Waals surface area (Å²) in [6.45, 7) is 0. The zero-order valence-electron chi connectivity index (χ0n) is 15.2. The van der Waals surface area contributed by atoms with Gasteiger partial charge >= 0.3 is 0 Å². The van der Waals surface area contributed by atoms with E-state index >= 15 is 0 Å². The molecule has 0 radical (unpaired) electrons. The number of nitro benzene ring substituents is 1. The van der Waals surface area contributed by atoms with Gasteiger partial charge in [-0.25, -0.2) is 4.39 Å². The summed E-state index contributed by atoms with van der Waals surface area (Å²) in [5, 5.41) is 26.4. The van der Waals surface area contributed by atoms with Crippen LogP contribution in [0.4, 0.5) is 15.8 Å². The van der Waals surface area contributed by atoms with Gasteiger partial charge in [0.05, 0.1) is 16.4 Å². The zero-order valence-corrected chi connectivity index (χ0v) is 16.0. The Morgan fingerprint density at radius 2 is 1.93 bits per heavy atom. The van der Waals surface area contributed by atoms with E-state index in [2.05, 4.69) is 20.6 Å². The number of hydrogen-bond donors (Lipinski definition) is 1. The molecule has 0 unspecified atom stereocenters. The standard InChI is InChI=1S/C19H13FN6O3S/c20-13-6-4-12(5-7-13)16-8-9-17-22-23-19(25(17)24-16)30-11-18(27)21-14-2-1-3-15(10-14)26(28)29/h1-10H,11H2,(H,21,27). The number of nitro groups is 1. The number of non-ortho nitro benzene ring substituents is 1. The van der Waals surface area contributed by atoms with Crippen LogP contribution in [0.2, 0.25) is 0 Å². The third-order valence-electron chi connectivity index (χ3n) is 4.05. The van der Waals surface area contributed by atoms with E-state index in [4.69, 9.17) is 0 Å². The van der Waals surface area contributed by atoms with Crippen LogP contribution >= 0.6 is 11.8 Å². The van der Waals surface area contributed by atoms with E-state index in [1.165, 1.54) is 34.8 Å². The lowest BCUT2D eigenvalue weighted by Gasteiger charge is -2.05. The summed E-state index contributed by atoms with van der Waals surface area (Å²) < 4.78 is 14.6. The Bertz CT molecular complexity index is 1240. The van der Waals surface area contributed by atoms with Gasteiger partial charge in [-0.05, 0) is 42.5 Å². The molecular weight excluding hydrogens is 411 g/mol. The van der Waals surface area contributed by atoms with Crippen LogP contribution in [0.25, 0.3) is 16.9 Å². The molecule has 4 rings (SSSR count). The first kappa shape index (κ1) is 19.5. The fraction of sp³-hybridized carbons (Fsp3) is 0.0526. The molecule has 0 saturated carbocycles. The highest BCUT2D eigenvalue weighted by Crippen LogP contribution is 2.22. The van der Waals surface area contributed by atoms with Gasteiger partial charge in [0.1, 0.15) is 5.82 Å². The molecule has 0 aliphatic rings. The fourth-order valence-corrected chi connectivity index (χ4v) is 3.35. The number of halogens is 1. The average Bonchev–Trinajstić information content (AvgIpc) is 3.15. The quantitative estimate of drug-likeness (QED) is 0.286. The number of hydrogen-bond acceptors (Lipinski definition) is 7. The van der Waals surface area contributed by atoms with Gasteiger partial charge in [-0.15, -0.1) is 10.2 Å². The SMILES string of the molecule is O=C(CSc1nnc2ccc(-c3ccc(F)cc3)nn12)Nc1cccc([N+](=O)[O-])c1. The van der Waals surface area contributed by atoms with E-state index in [-0.39, 0.29) is 23.2 Å². The van der Waals surface area contributed by atoms with Crippen molar-refractivity contribution in [3.05, 3.63) is 76.6 Å². The average molecular weight is 424 g/mol. The number of anilines is 1. The van der Waals surface area contributed by atoms with Crippen LogP contribution in [0.1, 0.15) is 0 Å². The summed E-state index contributed by atoms with van der Waals surface area (Å²) in [6, 6.07) is 15.1. The predicted octanol–water partition coefficient (Wildman–Crippen LogP) is 3.57. The van der Waals surface area contributed by atoms with Crippen LogP contribution in [-0.4, -0.2) is 36.4 Å². The molecule has 1 N–H and O–H groups in total. The Morgan fingerprint density at radius 3 is 2.70 bits per heavy atom. The topological polar surface area (TPSA) is 115 Å². The van der Waals surface area contributed by atoms with E-state index in [0.29, 0.717) is 22.2 Å². The van der Waals surface area contributed by atoms with Crippen LogP contribution in [0.15, 0.2) is 65.8 Å². The maximum absolute atomic E-state index is 13.1. The first-order valence-electron chi connectivity index (χ1n) is 8.65. The minimum absolute atomic E-state index is 0.00589. The third kappa shape index (κ3) is 4.25. The largest absolute Gasteiger partial charge is 0.325 e. The van der Waals surface area contributed by atoms with Crippen molar-refractivity contribution in [3.63, 3.8) is 0 Å². The highest BCUT2D eigenvalue weighted by molar-refractivity contribution is 7.99.